The molecule has 4 rings (SSSR count). The molecule has 25 heavy (non-hydrogen) atoms. The molecule has 1 atom stereocenters. The quantitative estimate of drug-likeness (QED) is 0.780. The molecule has 0 unspecified atom stereocenters. The number of nitrogens with one attached hydrogen (secondary N) is 1. The van der Waals surface area contributed by atoms with E-state index in [0.29, 0.717) is 28.0 Å². The van der Waals surface area contributed by atoms with Crippen molar-refractivity contribution in [2.24, 2.45) is 0 Å². The fourth-order valence-electron chi connectivity index (χ4n) is 2.33. The van der Waals surface area contributed by atoms with Crippen molar-refractivity contribution in [1.82, 2.24) is 9.36 Å². The van der Waals surface area contributed by atoms with Crippen LogP contribution in [0, 0.1) is 5.82 Å². The van der Waals surface area contributed by atoms with Crippen LogP contribution in [0.25, 0.3) is 11.4 Å². The fraction of sp³-hybridized carbons (Fsp3) is 0.118. The summed E-state index contributed by atoms with van der Waals surface area (Å²) in [5.74, 6) is 0.865. The zero-order chi connectivity index (χ0) is 17.2. The third-order valence-corrected chi connectivity index (χ3v) is 4.19. The van der Waals surface area contributed by atoms with Gasteiger partial charge in [0.15, 0.2) is 17.3 Å². The van der Waals surface area contributed by atoms with E-state index in [4.69, 9.17) is 9.47 Å². The molecule has 0 aliphatic carbocycles. The minimum atomic E-state index is -0.770. The van der Waals surface area contributed by atoms with Crippen molar-refractivity contribution >= 4 is 22.6 Å². The maximum absolute atomic E-state index is 13.0. The first-order valence-electron chi connectivity index (χ1n) is 7.48. The number of hydrogen-bond donors (Lipinski definition) is 1. The van der Waals surface area contributed by atoms with E-state index in [0.717, 1.165) is 11.5 Å². The number of halogens is 1. The molecule has 1 aromatic heterocycles. The SMILES string of the molecule is O=C(Nc1nc(-c2ccc(F)cc2)ns1)[C@@H]1COc2ccccc2O1. The molecule has 0 radical (unpaired) electrons. The van der Waals surface area contributed by atoms with Gasteiger partial charge in [0.2, 0.25) is 11.2 Å². The number of ether oxygens (including phenoxy) is 2. The molecule has 0 saturated carbocycles. The van der Waals surface area contributed by atoms with Gasteiger partial charge in [-0.2, -0.15) is 9.36 Å². The van der Waals surface area contributed by atoms with Crippen LogP contribution in [0.1, 0.15) is 0 Å². The Morgan fingerprint density at radius 2 is 1.92 bits per heavy atom. The standard InChI is InChI=1S/C17H12FN3O3S/c18-11-7-5-10(6-8-11)15-19-17(25-21-15)20-16(22)14-9-23-12-3-1-2-4-13(12)24-14/h1-8,14H,9H2,(H,19,20,21,22)/t14-/m0/s1. The molecule has 1 aliphatic heterocycles. The third kappa shape index (κ3) is 3.29. The predicted molar refractivity (Wildman–Crippen MR) is 90.3 cm³/mol. The Bertz CT molecular complexity index is 914. The first-order valence-corrected chi connectivity index (χ1v) is 8.25. The van der Waals surface area contributed by atoms with Crippen LogP contribution in [0.15, 0.2) is 48.5 Å². The van der Waals surface area contributed by atoms with Gasteiger partial charge in [-0.15, -0.1) is 0 Å². The van der Waals surface area contributed by atoms with Crippen LogP contribution in [0.4, 0.5) is 9.52 Å². The fourth-order valence-corrected chi connectivity index (χ4v) is 2.92. The summed E-state index contributed by atoms with van der Waals surface area (Å²) < 4.78 is 28.3. The molecule has 2 aromatic carbocycles. The van der Waals surface area contributed by atoms with E-state index in [1.165, 1.54) is 12.1 Å². The average Bonchev–Trinajstić information content (AvgIpc) is 3.10. The molecule has 6 nitrogen and oxygen atoms in total. The Hall–Kier alpha value is -3.00. The van der Waals surface area contributed by atoms with Crippen molar-refractivity contribution < 1.29 is 18.7 Å². The van der Waals surface area contributed by atoms with Crippen LogP contribution in [0.3, 0.4) is 0 Å². The number of anilines is 1. The van der Waals surface area contributed by atoms with Crippen LogP contribution in [0.2, 0.25) is 0 Å². The molecule has 1 N–H and O–H groups in total. The second-order valence-corrected chi connectivity index (χ2v) is 6.04. The number of fused-ring (bicyclic) bond motifs is 1. The van der Waals surface area contributed by atoms with Crippen molar-refractivity contribution in [2.75, 3.05) is 11.9 Å². The summed E-state index contributed by atoms with van der Waals surface area (Å²) in [4.78, 5) is 16.6. The molecule has 0 bridgehead atoms. The molecule has 0 fully saturated rings. The number of carbonyl (C=O) groups is 1. The van der Waals surface area contributed by atoms with Crippen LogP contribution >= 0.6 is 11.5 Å². The van der Waals surface area contributed by atoms with E-state index < -0.39 is 6.10 Å². The third-order valence-electron chi connectivity index (χ3n) is 3.56. The zero-order valence-corrected chi connectivity index (χ0v) is 13.6. The minimum absolute atomic E-state index is 0.118. The van der Waals surface area contributed by atoms with Gasteiger partial charge in [0, 0.05) is 17.1 Å². The summed E-state index contributed by atoms with van der Waals surface area (Å²) in [5.41, 5.74) is 0.671. The van der Waals surface area contributed by atoms with Crippen molar-refractivity contribution in [1.29, 1.82) is 0 Å². The van der Waals surface area contributed by atoms with Gasteiger partial charge in [0.05, 0.1) is 0 Å². The van der Waals surface area contributed by atoms with Gasteiger partial charge in [0.25, 0.3) is 5.91 Å². The highest BCUT2D eigenvalue weighted by Gasteiger charge is 2.28. The second-order valence-electron chi connectivity index (χ2n) is 5.28. The molecular weight excluding hydrogens is 345 g/mol. The number of carbonyl (C=O) groups excluding carboxylic acids is 1. The summed E-state index contributed by atoms with van der Waals surface area (Å²) in [5, 5.41) is 3.01. The van der Waals surface area contributed by atoms with E-state index in [9.17, 15) is 9.18 Å². The molecule has 1 aliphatic rings. The van der Waals surface area contributed by atoms with E-state index >= 15 is 0 Å². The van der Waals surface area contributed by atoms with Gasteiger partial charge in [-0.3, -0.25) is 10.1 Å². The van der Waals surface area contributed by atoms with Gasteiger partial charge in [-0.25, -0.2) is 4.39 Å². The van der Waals surface area contributed by atoms with E-state index in [2.05, 4.69) is 14.7 Å². The Morgan fingerprint density at radius 3 is 2.72 bits per heavy atom. The van der Waals surface area contributed by atoms with Crippen LogP contribution < -0.4 is 14.8 Å². The van der Waals surface area contributed by atoms with Crippen molar-refractivity contribution in [3.8, 4) is 22.9 Å². The van der Waals surface area contributed by atoms with Crippen molar-refractivity contribution in [3.63, 3.8) is 0 Å². The molecule has 2 heterocycles. The Morgan fingerprint density at radius 1 is 1.16 bits per heavy atom. The Labute approximate surface area is 146 Å². The number of aromatic nitrogens is 2. The van der Waals surface area contributed by atoms with E-state index in [1.54, 1.807) is 24.3 Å². The number of amides is 1. The van der Waals surface area contributed by atoms with Gasteiger partial charge in [-0.1, -0.05) is 12.1 Å². The lowest BCUT2D eigenvalue weighted by Gasteiger charge is -2.25. The number of nitrogens with zero attached hydrogens (tertiary/aromatic N) is 2. The lowest BCUT2D eigenvalue weighted by Crippen LogP contribution is -2.40. The molecule has 1 amide bonds. The summed E-state index contributed by atoms with van der Waals surface area (Å²) >= 11 is 1.04. The van der Waals surface area contributed by atoms with Crippen molar-refractivity contribution in [2.45, 2.75) is 6.10 Å². The number of rotatable bonds is 3. The van der Waals surface area contributed by atoms with Crippen LogP contribution in [0.5, 0.6) is 11.5 Å². The van der Waals surface area contributed by atoms with E-state index in [-0.39, 0.29) is 18.3 Å². The molecule has 0 spiro atoms. The molecule has 126 valence electrons. The maximum atomic E-state index is 13.0. The lowest BCUT2D eigenvalue weighted by atomic mass is 10.2. The number of hydrogen-bond acceptors (Lipinski definition) is 6. The van der Waals surface area contributed by atoms with E-state index in [1.807, 2.05) is 12.1 Å². The zero-order valence-electron chi connectivity index (χ0n) is 12.8. The summed E-state index contributed by atoms with van der Waals surface area (Å²) in [6, 6.07) is 13.0. The minimum Gasteiger partial charge on any atom is -0.485 e. The monoisotopic (exact) mass is 357 g/mol. The molecule has 0 saturated heterocycles. The highest BCUT2D eigenvalue weighted by Crippen LogP contribution is 2.31. The highest BCUT2D eigenvalue weighted by atomic mass is 32.1. The maximum Gasteiger partial charge on any atom is 0.270 e. The Balaban J connectivity index is 1.44. The number of benzene rings is 2. The summed E-state index contributed by atoms with van der Waals surface area (Å²) in [7, 11) is 0. The van der Waals surface area contributed by atoms with Gasteiger partial charge >= 0.3 is 0 Å². The average molecular weight is 357 g/mol. The predicted octanol–water partition coefficient (Wildman–Crippen LogP) is 3.12. The Kier molecular flexibility index (Phi) is 4.02. The molecule has 8 heteroatoms. The van der Waals surface area contributed by atoms with Gasteiger partial charge in [-0.05, 0) is 36.4 Å². The number of para-hydroxylation sites is 2. The highest BCUT2D eigenvalue weighted by molar-refractivity contribution is 7.10. The molecular formula is C17H12FN3O3S. The van der Waals surface area contributed by atoms with Crippen molar-refractivity contribution in [3.05, 3.63) is 54.3 Å². The largest absolute Gasteiger partial charge is 0.485 e. The normalized spacial score (nSPS) is 15.6. The molecule has 3 aromatic rings. The van der Waals surface area contributed by atoms with Gasteiger partial charge in [0.1, 0.15) is 12.4 Å². The summed E-state index contributed by atoms with van der Waals surface area (Å²) in [6.45, 7) is 0.118. The van der Waals surface area contributed by atoms with Gasteiger partial charge < -0.3 is 9.47 Å². The summed E-state index contributed by atoms with van der Waals surface area (Å²) in [6.07, 6.45) is -0.770. The lowest BCUT2D eigenvalue weighted by molar-refractivity contribution is -0.125. The first-order chi connectivity index (χ1) is 12.2. The van der Waals surface area contributed by atoms with Crippen LogP contribution in [-0.2, 0) is 4.79 Å². The topological polar surface area (TPSA) is 73.3 Å². The second kappa shape index (κ2) is 6.48. The first kappa shape index (κ1) is 15.5. The smallest absolute Gasteiger partial charge is 0.270 e. The van der Waals surface area contributed by atoms with Crippen LogP contribution in [-0.4, -0.2) is 28.0 Å².